The highest BCUT2D eigenvalue weighted by Crippen LogP contribution is 2.02. The lowest BCUT2D eigenvalue weighted by Crippen LogP contribution is -1.87. The molecule has 3 heteroatoms. The Morgan fingerprint density at radius 2 is 1.92 bits per heavy atom. The van der Waals surface area contributed by atoms with Crippen LogP contribution in [-0.2, 0) is 11.4 Å². The fourth-order valence-corrected chi connectivity index (χ4v) is 0.819. The first-order valence-corrected chi connectivity index (χ1v) is 3.67. The van der Waals surface area contributed by atoms with Crippen LogP contribution in [0.3, 0.4) is 0 Å². The van der Waals surface area contributed by atoms with Gasteiger partial charge in [0, 0.05) is 11.5 Å². The Balaban J connectivity index is 2.83. The highest BCUT2D eigenvalue weighted by Gasteiger charge is 1.90. The van der Waals surface area contributed by atoms with Gasteiger partial charge in [0.05, 0.1) is 6.61 Å². The quantitative estimate of drug-likeness (QED) is 0.616. The number of benzene rings is 1. The minimum absolute atomic E-state index is 0.0212. The summed E-state index contributed by atoms with van der Waals surface area (Å²) in [7, 11) is 0. The summed E-state index contributed by atoms with van der Waals surface area (Å²) < 4.78 is 0. The lowest BCUT2D eigenvalue weighted by Gasteiger charge is -1.93. The molecule has 0 atom stereocenters. The molecule has 1 rings (SSSR count). The predicted molar refractivity (Wildman–Crippen MR) is 46.9 cm³/mol. The smallest absolute Gasteiger partial charge is 0.382 e. The molecule has 2 N–H and O–H groups in total. The Kier molecular flexibility index (Phi) is 3.07. The molecular weight excluding hydrogens is 168 g/mol. The highest BCUT2D eigenvalue weighted by molar-refractivity contribution is 5.87. The van der Waals surface area contributed by atoms with E-state index in [1.54, 1.807) is 24.3 Å². The first kappa shape index (κ1) is 9.30. The number of carbonyl (C=O) groups is 1. The van der Waals surface area contributed by atoms with Gasteiger partial charge in [-0.2, -0.15) is 0 Å². The molecule has 0 aromatic heterocycles. The van der Waals surface area contributed by atoms with Crippen molar-refractivity contribution in [1.29, 1.82) is 0 Å². The Morgan fingerprint density at radius 1 is 1.31 bits per heavy atom. The predicted octanol–water partition coefficient (Wildman–Crippen LogP) is 0.615. The highest BCUT2D eigenvalue weighted by atomic mass is 16.4. The SMILES string of the molecule is O=C(O)C#Cc1ccc(CO)cc1. The summed E-state index contributed by atoms with van der Waals surface area (Å²) in [6.07, 6.45) is 0. The van der Waals surface area contributed by atoms with E-state index in [4.69, 9.17) is 10.2 Å². The number of aliphatic hydroxyl groups excluding tert-OH is 1. The van der Waals surface area contributed by atoms with E-state index in [-0.39, 0.29) is 6.61 Å². The Labute approximate surface area is 75.6 Å². The average molecular weight is 176 g/mol. The molecule has 0 aliphatic rings. The van der Waals surface area contributed by atoms with E-state index in [9.17, 15) is 4.79 Å². The Bertz CT molecular complexity index is 354. The summed E-state index contributed by atoms with van der Waals surface area (Å²) in [6, 6.07) is 6.74. The molecule has 1 aromatic carbocycles. The second-order valence-electron chi connectivity index (χ2n) is 2.41. The second kappa shape index (κ2) is 4.29. The first-order valence-electron chi connectivity index (χ1n) is 3.67. The van der Waals surface area contributed by atoms with Gasteiger partial charge < -0.3 is 10.2 Å². The minimum atomic E-state index is -1.15. The number of hydrogen-bond donors (Lipinski definition) is 2. The van der Waals surface area contributed by atoms with Crippen LogP contribution in [0, 0.1) is 11.8 Å². The number of rotatable bonds is 1. The van der Waals surface area contributed by atoms with E-state index in [1.165, 1.54) is 0 Å². The number of hydrogen-bond acceptors (Lipinski definition) is 2. The minimum Gasteiger partial charge on any atom is -0.472 e. The van der Waals surface area contributed by atoms with Crippen molar-refractivity contribution in [2.45, 2.75) is 6.61 Å². The van der Waals surface area contributed by atoms with Gasteiger partial charge in [-0.05, 0) is 17.7 Å². The summed E-state index contributed by atoms with van der Waals surface area (Å²) in [5.74, 6) is 3.32. The maximum atomic E-state index is 10.1. The van der Waals surface area contributed by atoms with Gasteiger partial charge in [-0.15, -0.1) is 0 Å². The molecule has 0 heterocycles. The third kappa shape index (κ3) is 2.97. The van der Waals surface area contributed by atoms with E-state index in [0.29, 0.717) is 5.56 Å². The zero-order valence-electron chi connectivity index (χ0n) is 6.82. The number of carboxylic acids is 1. The van der Waals surface area contributed by atoms with Crippen LogP contribution < -0.4 is 0 Å². The number of carboxylic acid groups (broad SMARTS) is 1. The molecule has 0 radical (unpaired) electrons. The van der Waals surface area contributed by atoms with Crippen LogP contribution in [-0.4, -0.2) is 16.2 Å². The third-order valence-electron chi connectivity index (χ3n) is 1.45. The van der Waals surface area contributed by atoms with Gasteiger partial charge in [0.1, 0.15) is 0 Å². The normalized spacial score (nSPS) is 8.69. The molecule has 0 fully saturated rings. The van der Waals surface area contributed by atoms with Crippen molar-refractivity contribution in [2.24, 2.45) is 0 Å². The van der Waals surface area contributed by atoms with Gasteiger partial charge >= 0.3 is 5.97 Å². The van der Waals surface area contributed by atoms with Crippen molar-refractivity contribution in [3.05, 3.63) is 35.4 Å². The zero-order chi connectivity index (χ0) is 9.68. The summed E-state index contributed by atoms with van der Waals surface area (Å²) in [6.45, 7) is -0.0212. The summed E-state index contributed by atoms with van der Waals surface area (Å²) in [4.78, 5) is 10.1. The topological polar surface area (TPSA) is 57.5 Å². The fraction of sp³-hybridized carbons (Fsp3) is 0.100. The molecule has 0 saturated heterocycles. The molecule has 1 aromatic rings. The summed E-state index contributed by atoms with van der Waals surface area (Å²) in [5, 5.41) is 17.0. The molecule has 0 bridgehead atoms. The van der Waals surface area contributed by atoms with Crippen LogP contribution >= 0.6 is 0 Å². The molecule has 3 nitrogen and oxygen atoms in total. The van der Waals surface area contributed by atoms with E-state index >= 15 is 0 Å². The van der Waals surface area contributed by atoms with E-state index in [1.807, 2.05) is 5.92 Å². The standard InChI is InChI=1S/C10H8O3/c11-7-9-3-1-8(2-4-9)5-6-10(12)13/h1-4,11H,7H2,(H,12,13). The molecule has 0 amide bonds. The van der Waals surface area contributed by atoms with Crippen LogP contribution in [0.25, 0.3) is 0 Å². The molecule has 0 aliphatic carbocycles. The van der Waals surface area contributed by atoms with Crippen molar-refractivity contribution in [2.75, 3.05) is 0 Å². The van der Waals surface area contributed by atoms with Crippen molar-refractivity contribution < 1.29 is 15.0 Å². The molecule has 0 saturated carbocycles. The maximum absolute atomic E-state index is 10.1. The van der Waals surface area contributed by atoms with Crippen LogP contribution in [0.1, 0.15) is 11.1 Å². The van der Waals surface area contributed by atoms with Crippen molar-refractivity contribution >= 4 is 5.97 Å². The van der Waals surface area contributed by atoms with Crippen molar-refractivity contribution in [3.8, 4) is 11.8 Å². The van der Waals surface area contributed by atoms with E-state index < -0.39 is 5.97 Å². The van der Waals surface area contributed by atoms with Gasteiger partial charge in [-0.1, -0.05) is 18.1 Å². The average Bonchev–Trinajstić information content (AvgIpc) is 2.15. The Hall–Kier alpha value is -1.79. The van der Waals surface area contributed by atoms with Crippen LogP contribution in [0.2, 0.25) is 0 Å². The molecule has 0 spiro atoms. The third-order valence-corrected chi connectivity index (χ3v) is 1.45. The molecule has 0 unspecified atom stereocenters. The lowest BCUT2D eigenvalue weighted by atomic mass is 10.1. The van der Waals surface area contributed by atoms with Gasteiger partial charge in [0.2, 0.25) is 0 Å². The largest absolute Gasteiger partial charge is 0.472 e. The van der Waals surface area contributed by atoms with Crippen LogP contribution in [0.15, 0.2) is 24.3 Å². The van der Waals surface area contributed by atoms with Crippen LogP contribution in [0.4, 0.5) is 0 Å². The van der Waals surface area contributed by atoms with Gasteiger partial charge in [0.25, 0.3) is 0 Å². The van der Waals surface area contributed by atoms with Gasteiger partial charge in [-0.25, -0.2) is 4.79 Å². The first-order chi connectivity index (χ1) is 6.22. The molecule has 66 valence electrons. The lowest BCUT2D eigenvalue weighted by molar-refractivity contribution is -0.130. The number of aliphatic carboxylic acids is 1. The van der Waals surface area contributed by atoms with Crippen molar-refractivity contribution in [3.63, 3.8) is 0 Å². The molecule has 0 aliphatic heterocycles. The summed E-state index contributed by atoms with van der Waals surface area (Å²) in [5.41, 5.74) is 1.40. The zero-order valence-corrected chi connectivity index (χ0v) is 6.82. The van der Waals surface area contributed by atoms with E-state index in [0.717, 1.165) is 5.56 Å². The fourth-order valence-electron chi connectivity index (χ4n) is 0.819. The van der Waals surface area contributed by atoms with Gasteiger partial charge in [0.15, 0.2) is 0 Å². The summed E-state index contributed by atoms with van der Waals surface area (Å²) >= 11 is 0. The maximum Gasteiger partial charge on any atom is 0.382 e. The number of aliphatic hydroxyl groups is 1. The molecule has 13 heavy (non-hydrogen) atoms. The van der Waals surface area contributed by atoms with Crippen LogP contribution in [0.5, 0.6) is 0 Å². The molecular formula is C10H8O3. The monoisotopic (exact) mass is 176 g/mol. The second-order valence-corrected chi connectivity index (χ2v) is 2.41. The Morgan fingerprint density at radius 3 is 2.38 bits per heavy atom. The van der Waals surface area contributed by atoms with Gasteiger partial charge in [-0.3, -0.25) is 0 Å². The van der Waals surface area contributed by atoms with E-state index in [2.05, 4.69) is 5.92 Å². The van der Waals surface area contributed by atoms with Crippen molar-refractivity contribution in [1.82, 2.24) is 0 Å².